The summed E-state index contributed by atoms with van der Waals surface area (Å²) in [5.74, 6) is -2.33. The molecule has 0 aromatic carbocycles. The van der Waals surface area contributed by atoms with Crippen molar-refractivity contribution < 1.29 is 37.7 Å². The van der Waals surface area contributed by atoms with Gasteiger partial charge in [0.25, 0.3) is 0 Å². The predicted octanol–water partition coefficient (Wildman–Crippen LogP) is 2.34. The Morgan fingerprint density at radius 2 is 0.529 bits per heavy atom. The van der Waals surface area contributed by atoms with Crippen molar-refractivity contribution >= 4 is 23.6 Å². The van der Waals surface area contributed by atoms with Crippen molar-refractivity contribution in [3.63, 3.8) is 0 Å². The number of carbonyl (C=O) groups excluding carboxylic acids is 4. The molecule has 17 heavy (non-hydrogen) atoms. The summed E-state index contributed by atoms with van der Waals surface area (Å²) < 4.78 is 0. The second-order valence-electron chi connectivity index (χ2n) is 2.22. The van der Waals surface area contributed by atoms with Crippen molar-refractivity contribution in [1.29, 1.82) is 0 Å². The number of nitrogens with one attached hydrogen (secondary N) is 4. The van der Waals surface area contributed by atoms with E-state index in [2.05, 4.69) is 0 Å². The fourth-order valence-corrected chi connectivity index (χ4v) is 0. The Balaban J connectivity index is -0.0000000369. The minimum absolute atomic E-state index is 0. The summed E-state index contributed by atoms with van der Waals surface area (Å²) in [4.78, 5) is 36.4. The molecule has 0 heterocycles. The monoisotopic (exact) mass is 283 g/mol. The average Bonchev–Trinajstić information content (AvgIpc) is 1.76. The Kier molecular flexibility index (Phi) is 41.6. The zero-order valence-electron chi connectivity index (χ0n) is 10.1. The predicted molar refractivity (Wildman–Crippen MR) is 60.0 cm³/mol. The van der Waals surface area contributed by atoms with Gasteiger partial charge in [0.05, 0.1) is 0 Å². The van der Waals surface area contributed by atoms with E-state index in [-0.39, 0.29) is 18.6 Å². The van der Waals surface area contributed by atoms with Crippen LogP contribution in [0, 0.1) is 0 Å². The van der Waals surface area contributed by atoms with E-state index in [1.165, 1.54) is 27.7 Å². The molecule has 0 bridgehead atoms. The molecule has 0 fully saturated rings. The van der Waals surface area contributed by atoms with Gasteiger partial charge in [0.15, 0.2) is 0 Å². The summed E-state index contributed by atoms with van der Waals surface area (Å²) in [6.45, 7) is 4.78. The molecule has 97 valence electrons. The number of hydrogen-bond donors (Lipinski definition) is 0. The topological polar surface area (TPSA) is 163 Å². The molecule has 1 radical (unpaired) electrons. The van der Waals surface area contributed by atoms with E-state index in [1.54, 1.807) is 0 Å². The molecule has 0 aromatic rings. The molecule has 0 rings (SSSR count). The van der Waals surface area contributed by atoms with Crippen molar-refractivity contribution in [2.45, 2.75) is 27.7 Å². The third kappa shape index (κ3) is 953. The zero-order valence-corrected chi connectivity index (χ0v) is 11.5. The van der Waals surface area contributed by atoms with Crippen molar-refractivity contribution in [1.82, 2.24) is 0 Å². The smallest absolute Gasteiger partial charge is 0.668 e. The molecule has 0 unspecified atom stereocenters. The molecular formula is C8H16N4O4V. The molecule has 0 spiro atoms. The van der Waals surface area contributed by atoms with Gasteiger partial charge in [-0.3, -0.25) is 0 Å². The Bertz CT molecular complexity index is 170. The number of amides is 4. The van der Waals surface area contributed by atoms with Crippen LogP contribution in [0.4, 0.5) is 0 Å². The summed E-state index contributed by atoms with van der Waals surface area (Å²) in [6, 6.07) is 0. The van der Waals surface area contributed by atoms with E-state index in [9.17, 15) is 0 Å². The standard InChI is InChI=1S/4C2H5NO.V/c4*1-2(3)4;/h4*1H3,(H2,3,4);/q;;;;+4/p-4. The maximum atomic E-state index is 9.11. The van der Waals surface area contributed by atoms with Crippen LogP contribution >= 0.6 is 0 Å². The van der Waals surface area contributed by atoms with Gasteiger partial charge in [-0.15, -0.1) is 0 Å². The van der Waals surface area contributed by atoms with Crippen LogP contribution < -0.4 is 0 Å². The van der Waals surface area contributed by atoms with Crippen LogP contribution in [0.1, 0.15) is 27.7 Å². The van der Waals surface area contributed by atoms with Gasteiger partial charge in [0.2, 0.25) is 0 Å². The van der Waals surface area contributed by atoms with Crippen LogP contribution in [0.25, 0.3) is 22.9 Å². The molecule has 4 amide bonds. The SMILES string of the molecule is CC([NH-])=O.CC([NH-])=O.CC([NH-])=O.CC([NH-])=O.[V+4]. The summed E-state index contributed by atoms with van der Waals surface area (Å²) >= 11 is 0. The molecule has 0 aromatic heterocycles. The number of carbonyl (C=O) groups is 4. The number of rotatable bonds is 0. The van der Waals surface area contributed by atoms with E-state index >= 15 is 0 Å². The summed E-state index contributed by atoms with van der Waals surface area (Å²) in [5.41, 5.74) is 23.8. The van der Waals surface area contributed by atoms with Gasteiger partial charge in [-0.25, -0.2) is 0 Å². The fraction of sp³-hybridized carbons (Fsp3) is 0.500. The molecule has 0 aliphatic rings. The minimum atomic E-state index is -0.583. The first-order chi connectivity index (χ1) is 6.93. The van der Waals surface area contributed by atoms with E-state index < -0.39 is 23.6 Å². The Morgan fingerprint density at radius 3 is 0.529 bits per heavy atom. The molecule has 0 atom stereocenters. The van der Waals surface area contributed by atoms with E-state index in [4.69, 9.17) is 42.1 Å². The van der Waals surface area contributed by atoms with Gasteiger partial charge >= 0.3 is 18.6 Å². The van der Waals surface area contributed by atoms with Gasteiger partial charge in [0.1, 0.15) is 0 Å². The van der Waals surface area contributed by atoms with Gasteiger partial charge in [-0.2, -0.15) is 0 Å². The quantitative estimate of drug-likeness (QED) is 0.666. The minimum Gasteiger partial charge on any atom is -0.668 e. The van der Waals surface area contributed by atoms with Gasteiger partial charge in [0, 0.05) is 23.6 Å². The van der Waals surface area contributed by atoms with Crippen LogP contribution in [0.15, 0.2) is 0 Å². The summed E-state index contributed by atoms with van der Waals surface area (Å²) in [5, 5.41) is 0. The van der Waals surface area contributed by atoms with E-state index in [0.29, 0.717) is 0 Å². The Morgan fingerprint density at radius 1 is 0.529 bits per heavy atom. The molecule has 8 nitrogen and oxygen atoms in total. The first-order valence-corrected chi connectivity index (χ1v) is 3.82. The van der Waals surface area contributed by atoms with Crippen LogP contribution in [0.3, 0.4) is 0 Å². The molecule has 4 N–H and O–H groups in total. The summed E-state index contributed by atoms with van der Waals surface area (Å²) in [6.07, 6.45) is 0. The first-order valence-electron chi connectivity index (χ1n) is 3.82. The largest absolute Gasteiger partial charge is 4.00 e. The van der Waals surface area contributed by atoms with Crippen molar-refractivity contribution in [3.05, 3.63) is 22.9 Å². The van der Waals surface area contributed by atoms with Crippen molar-refractivity contribution in [3.8, 4) is 0 Å². The Labute approximate surface area is 112 Å². The fourth-order valence-electron chi connectivity index (χ4n) is 0. The van der Waals surface area contributed by atoms with Crippen molar-refractivity contribution in [2.24, 2.45) is 0 Å². The third-order valence-electron chi connectivity index (χ3n) is 0. The van der Waals surface area contributed by atoms with Crippen LogP contribution in [-0.4, -0.2) is 23.6 Å². The van der Waals surface area contributed by atoms with Crippen LogP contribution in [0.5, 0.6) is 0 Å². The first kappa shape index (κ1) is 29.5. The van der Waals surface area contributed by atoms with E-state index in [1.807, 2.05) is 0 Å². The summed E-state index contributed by atoms with van der Waals surface area (Å²) in [7, 11) is 0. The maximum Gasteiger partial charge on any atom is 4.00 e. The van der Waals surface area contributed by atoms with Crippen LogP contribution in [0.2, 0.25) is 0 Å². The third-order valence-corrected chi connectivity index (χ3v) is 0. The molecule has 9 heteroatoms. The maximum absolute atomic E-state index is 9.11. The van der Waals surface area contributed by atoms with Crippen molar-refractivity contribution in [2.75, 3.05) is 0 Å². The molecular weight excluding hydrogens is 267 g/mol. The van der Waals surface area contributed by atoms with Gasteiger partial charge < -0.3 is 42.1 Å². The van der Waals surface area contributed by atoms with Crippen LogP contribution in [-0.2, 0) is 37.7 Å². The number of hydrogen-bond acceptors (Lipinski definition) is 4. The average molecular weight is 283 g/mol. The van der Waals surface area contributed by atoms with Gasteiger partial charge in [-0.1, -0.05) is 0 Å². The molecule has 0 saturated carbocycles. The van der Waals surface area contributed by atoms with Gasteiger partial charge in [-0.05, 0) is 27.7 Å². The normalized spacial score (nSPS) is 5.88. The second kappa shape index (κ2) is 23.9. The zero-order chi connectivity index (χ0) is 14.3. The molecule has 0 saturated heterocycles. The molecule has 0 aliphatic heterocycles. The Hall–Kier alpha value is -1.54. The second-order valence-corrected chi connectivity index (χ2v) is 2.22. The molecule has 0 aliphatic carbocycles. The van der Waals surface area contributed by atoms with E-state index in [0.717, 1.165) is 0 Å².